The van der Waals surface area contributed by atoms with Gasteiger partial charge in [0.25, 0.3) is 0 Å². The van der Waals surface area contributed by atoms with Crippen molar-refractivity contribution >= 4 is 34.9 Å². The maximum Gasteiger partial charge on any atom is 0.318 e. The maximum atomic E-state index is 12.6. The Kier molecular flexibility index (Phi) is 5.63. The van der Waals surface area contributed by atoms with E-state index in [1.165, 1.54) is 7.05 Å². The van der Waals surface area contributed by atoms with Crippen molar-refractivity contribution in [1.82, 2.24) is 5.32 Å². The number of amides is 4. The summed E-state index contributed by atoms with van der Waals surface area (Å²) in [7, 11) is 1.54. The van der Waals surface area contributed by atoms with Gasteiger partial charge in [0.1, 0.15) is 0 Å². The SMILES string of the molecule is CNC(=O)Nc1ccc(NC(=O)C2CC(=O)N(c3cccc(C)c3C)C2)cc1. The van der Waals surface area contributed by atoms with Crippen molar-refractivity contribution in [2.45, 2.75) is 20.3 Å². The summed E-state index contributed by atoms with van der Waals surface area (Å²) in [4.78, 5) is 38.1. The van der Waals surface area contributed by atoms with Crippen molar-refractivity contribution in [2.75, 3.05) is 29.1 Å². The van der Waals surface area contributed by atoms with Crippen molar-refractivity contribution in [2.24, 2.45) is 5.92 Å². The summed E-state index contributed by atoms with van der Waals surface area (Å²) < 4.78 is 0. The van der Waals surface area contributed by atoms with E-state index in [0.717, 1.165) is 16.8 Å². The van der Waals surface area contributed by atoms with Gasteiger partial charge in [0.15, 0.2) is 0 Å². The van der Waals surface area contributed by atoms with Crippen molar-refractivity contribution in [3.05, 3.63) is 53.6 Å². The topological polar surface area (TPSA) is 90.5 Å². The van der Waals surface area contributed by atoms with Crippen LogP contribution in [0.2, 0.25) is 0 Å². The molecule has 4 amide bonds. The summed E-state index contributed by atoms with van der Waals surface area (Å²) in [5, 5.41) is 7.97. The molecule has 3 rings (SSSR count). The van der Waals surface area contributed by atoms with E-state index < -0.39 is 5.92 Å². The van der Waals surface area contributed by atoms with Gasteiger partial charge in [-0.05, 0) is 55.3 Å². The Bertz CT molecular complexity index is 908. The van der Waals surface area contributed by atoms with E-state index in [-0.39, 0.29) is 24.3 Å². The molecule has 0 spiro atoms. The quantitative estimate of drug-likeness (QED) is 0.761. The second-order valence-corrected chi connectivity index (χ2v) is 6.90. The fourth-order valence-corrected chi connectivity index (χ4v) is 3.22. The molecule has 1 aliphatic rings. The molecule has 1 fully saturated rings. The number of anilines is 3. The van der Waals surface area contributed by atoms with Gasteiger partial charge in [0.2, 0.25) is 11.8 Å². The van der Waals surface area contributed by atoms with Crippen LogP contribution in [0.4, 0.5) is 21.9 Å². The van der Waals surface area contributed by atoms with Gasteiger partial charge >= 0.3 is 6.03 Å². The zero-order chi connectivity index (χ0) is 20.3. The summed E-state index contributed by atoms with van der Waals surface area (Å²) in [5.41, 5.74) is 4.27. The number of rotatable bonds is 4. The number of carbonyl (C=O) groups excluding carboxylic acids is 3. The van der Waals surface area contributed by atoms with Gasteiger partial charge in [-0.1, -0.05) is 12.1 Å². The van der Waals surface area contributed by atoms with Crippen LogP contribution >= 0.6 is 0 Å². The second kappa shape index (κ2) is 8.12. The zero-order valence-corrected chi connectivity index (χ0v) is 16.2. The maximum absolute atomic E-state index is 12.6. The molecule has 28 heavy (non-hydrogen) atoms. The molecule has 1 unspecified atom stereocenters. The zero-order valence-electron chi connectivity index (χ0n) is 16.2. The highest BCUT2D eigenvalue weighted by molar-refractivity contribution is 6.04. The predicted molar refractivity (Wildman–Crippen MR) is 110 cm³/mol. The van der Waals surface area contributed by atoms with E-state index >= 15 is 0 Å². The number of benzene rings is 2. The Balaban J connectivity index is 1.65. The molecule has 0 bridgehead atoms. The molecule has 146 valence electrons. The lowest BCUT2D eigenvalue weighted by molar-refractivity contribution is -0.122. The fraction of sp³-hybridized carbons (Fsp3) is 0.286. The highest BCUT2D eigenvalue weighted by atomic mass is 16.2. The Morgan fingerprint density at radius 1 is 1.00 bits per heavy atom. The van der Waals surface area contributed by atoms with Gasteiger partial charge in [0, 0.05) is 37.1 Å². The largest absolute Gasteiger partial charge is 0.341 e. The first-order chi connectivity index (χ1) is 13.4. The monoisotopic (exact) mass is 380 g/mol. The lowest BCUT2D eigenvalue weighted by atomic mass is 10.1. The lowest BCUT2D eigenvalue weighted by Gasteiger charge is -2.20. The van der Waals surface area contributed by atoms with Crippen LogP contribution in [0.5, 0.6) is 0 Å². The fourth-order valence-electron chi connectivity index (χ4n) is 3.22. The van der Waals surface area contributed by atoms with Crippen LogP contribution in [-0.4, -0.2) is 31.4 Å². The van der Waals surface area contributed by atoms with Gasteiger partial charge in [-0.2, -0.15) is 0 Å². The molecular weight excluding hydrogens is 356 g/mol. The first-order valence-electron chi connectivity index (χ1n) is 9.15. The average molecular weight is 380 g/mol. The van der Waals surface area contributed by atoms with Gasteiger partial charge in [0.05, 0.1) is 5.92 Å². The van der Waals surface area contributed by atoms with Crippen LogP contribution in [0.3, 0.4) is 0 Å². The second-order valence-electron chi connectivity index (χ2n) is 6.90. The van der Waals surface area contributed by atoms with E-state index in [2.05, 4.69) is 16.0 Å². The van der Waals surface area contributed by atoms with Gasteiger partial charge in [-0.3, -0.25) is 9.59 Å². The number of urea groups is 1. The van der Waals surface area contributed by atoms with Crippen LogP contribution in [0.1, 0.15) is 17.5 Å². The molecule has 0 aromatic heterocycles. The normalized spacial score (nSPS) is 16.0. The summed E-state index contributed by atoms with van der Waals surface area (Å²) in [6, 6.07) is 12.4. The van der Waals surface area contributed by atoms with Crippen molar-refractivity contribution in [3.8, 4) is 0 Å². The minimum Gasteiger partial charge on any atom is -0.341 e. The molecule has 1 atom stereocenters. The number of aryl methyl sites for hydroxylation is 1. The standard InChI is InChI=1S/C21H24N4O3/c1-13-5-4-6-18(14(13)2)25-12-15(11-19(25)26)20(27)23-16-7-9-17(10-8-16)24-21(28)22-3/h4-10,15H,11-12H2,1-3H3,(H,23,27)(H2,22,24,28). The summed E-state index contributed by atoms with van der Waals surface area (Å²) in [5.74, 6) is -0.636. The average Bonchev–Trinajstić information content (AvgIpc) is 3.07. The molecule has 1 heterocycles. The van der Waals surface area contributed by atoms with Crippen molar-refractivity contribution < 1.29 is 14.4 Å². The van der Waals surface area contributed by atoms with Crippen LogP contribution in [0, 0.1) is 19.8 Å². The first-order valence-corrected chi connectivity index (χ1v) is 9.15. The number of carbonyl (C=O) groups is 3. The Hall–Kier alpha value is -3.35. The highest BCUT2D eigenvalue weighted by Gasteiger charge is 2.35. The Morgan fingerprint density at radius 2 is 1.64 bits per heavy atom. The molecule has 3 N–H and O–H groups in total. The molecule has 0 radical (unpaired) electrons. The first kappa shape index (κ1) is 19.4. The molecule has 0 aliphatic carbocycles. The molecule has 1 aliphatic heterocycles. The van der Waals surface area contributed by atoms with Crippen molar-refractivity contribution in [1.29, 1.82) is 0 Å². The summed E-state index contributed by atoms with van der Waals surface area (Å²) in [6.07, 6.45) is 0.190. The van der Waals surface area contributed by atoms with E-state index in [1.54, 1.807) is 29.2 Å². The van der Waals surface area contributed by atoms with Gasteiger partial charge in [-0.25, -0.2) is 4.79 Å². The van der Waals surface area contributed by atoms with E-state index in [9.17, 15) is 14.4 Å². The molecule has 0 saturated carbocycles. The van der Waals surface area contributed by atoms with Crippen LogP contribution in [0.25, 0.3) is 0 Å². The number of nitrogens with one attached hydrogen (secondary N) is 3. The number of hydrogen-bond donors (Lipinski definition) is 3. The number of hydrogen-bond acceptors (Lipinski definition) is 3. The molecule has 7 heteroatoms. The van der Waals surface area contributed by atoms with Crippen LogP contribution < -0.4 is 20.9 Å². The van der Waals surface area contributed by atoms with E-state index in [0.29, 0.717) is 17.9 Å². The van der Waals surface area contributed by atoms with E-state index in [4.69, 9.17) is 0 Å². The minimum atomic E-state index is -0.406. The van der Waals surface area contributed by atoms with Crippen molar-refractivity contribution in [3.63, 3.8) is 0 Å². The Labute approximate surface area is 164 Å². The smallest absolute Gasteiger partial charge is 0.318 e. The molecule has 1 saturated heterocycles. The van der Waals surface area contributed by atoms with E-state index in [1.807, 2.05) is 32.0 Å². The minimum absolute atomic E-state index is 0.0426. The third-order valence-corrected chi connectivity index (χ3v) is 5.00. The summed E-state index contributed by atoms with van der Waals surface area (Å²) in [6.45, 7) is 4.36. The number of nitrogens with zero attached hydrogens (tertiary/aromatic N) is 1. The predicted octanol–water partition coefficient (Wildman–Crippen LogP) is 3.05. The molecule has 2 aromatic rings. The Morgan fingerprint density at radius 3 is 2.29 bits per heavy atom. The summed E-state index contributed by atoms with van der Waals surface area (Å²) >= 11 is 0. The van der Waals surface area contributed by atoms with Gasteiger partial charge in [-0.15, -0.1) is 0 Å². The molecule has 7 nitrogen and oxygen atoms in total. The third kappa shape index (κ3) is 4.14. The van der Waals surface area contributed by atoms with Gasteiger partial charge < -0.3 is 20.9 Å². The third-order valence-electron chi connectivity index (χ3n) is 5.00. The lowest BCUT2D eigenvalue weighted by Crippen LogP contribution is -2.28. The highest BCUT2D eigenvalue weighted by Crippen LogP contribution is 2.30. The van der Waals surface area contributed by atoms with Crippen LogP contribution in [0.15, 0.2) is 42.5 Å². The molecular formula is C21H24N4O3. The van der Waals surface area contributed by atoms with Crippen LogP contribution in [-0.2, 0) is 9.59 Å². The molecule has 2 aromatic carbocycles.